The molecule has 0 radical (unpaired) electrons. The van der Waals surface area contributed by atoms with E-state index in [-0.39, 0.29) is 10.8 Å². The summed E-state index contributed by atoms with van der Waals surface area (Å²) in [6.07, 6.45) is 4.94. The van der Waals surface area contributed by atoms with Crippen molar-refractivity contribution in [1.82, 2.24) is 14.4 Å². The number of nitrogens with zero attached hydrogens (tertiary/aromatic N) is 3. The topological polar surface area (TPSA) is 30.2 Å². The molecule has 0 spiro atoms. The fraction of sp³-hybridized carbons (Fsp3) is 0.290. The number of fused-ring (bicyclic) bond motifs is 6. The zero-order chi connectivity index (χ0) is 23.8. The van der Waals surface area contributed by atoms with Gasteiger partial charge in [0.1, 0.15) is 5.65 Å². The molecule has 0 saturated carbocycles. The highest BCUT2D eigenvalue weighted by Gasteiger charge is 2.23. The monoisotopic (exact) mass is 445 g/mol. The van der Waals surface area contributed by atoms with Crippen LogP contribution in [0, 0.1) is 5.41 Å². The Labute approximate surface area is 200 Å². The van der Waals surface area contributed by atoms with Crippen molar-refractivity contribution in [3.63, 3.8) is 0 Å². The van der Waals surface area contributed by atoms with Gasteiger partial charge in [0.25, 0.3) is 0 Å². The summed E-state index contributed by atoms with van der Waals surface area (Å²) in [5.74, 6) is 0. The van der Waals surface area contributed by atoms with Crippen LogP contribution < -0.4 is 0 Å². The van der Waals surface area contributed by atoms with Crippen molar-refractivity contribution in [3.8, 4) is 11.3 Å². The van der Waals surface area contributed by atoms with E-state index in [1.807, 2.05) is 12.4 Å². The molecule has 0 amide bonds. The maximum Gasteiger partial charge on any atom is 0.145 e. The predicted octanol–water partition coefficient (Wildman–Crippen LogP) is 8.18. The Balaban J connectivity index is 1.65. The van der Waals surface area contributed by atoms with Crippen molar-refractivity contribution in [2.75, 3.05) is 0 Å². The van der Waals surface area contributed by atoms with E-state index in [1.165, 1.54) is 43.7 Å². The van der Waals surface area contributed by atoms with Crippen LogP contribution >= 0.6 is 0 Å². The quantitative estimate of drug-likeness (QED) is 0.269. The Morgan fingerprint density at radius 2 is 1.50 bits per heavy atom. The van der Waals surface area contributed by atoms with Crippen LogP contribution in [0.2, 0.25) is 0 Å². The van der Waals surface area contributed by atoms with Crippen molar-refractivity contribution in [1.29, 1.82) is 0 Å². The summed E-state index contributed by atoms with van der Waals surface area (Å²) in [4.78, 5) is 9.73. The Morgan fingerprint density at radius 1 is 0.765 bits per heavy atom. The van der Waals surface area contributed by atoms with Gasteiger partial charge in [-0.15, -0.1) is 0 Å². The number of aromatic nitrogens is 3. The second kappa shape index (κ2) is 7.02. The van der Waals surface area contributed by atoms with E-state index in [0.717, 1.165) is 23.3 Å². The standard InChI is InChI=1S/C31H31N3/c1-30(2,3)17-19-11-12-32-26(13-19)20-14-25-24-16-21(31(4,5)6)15-23-22-9-7-8-10-27(22)34(28(23)24)29(25)33-18-20/h7-16,18H,17H2,1-6H3. The van der Waals surface area contributed by atoms with Gasteiger partial charge in [0.15, 0.2) is 0 Å². The largest absolute Gasteiger partial charge is 0.293 e. The first kappa shape index (κ1) is 21.1. The molecule has 34 heavy (non-hydrogen) atoms. The average molecular weight is 446 g/mol. The van der Waals surface area contributed by atoms with Gasteiger partial charge in [-0.2, -0.15) is 0 Å². The van der Waals surface area contributed by atoms with Crippen LogP contribution in [-0.2, 0) is 11.8 Å². The zero-order valence-electron chi connectivity index (χ0n) is 20.9. The van der Waals surface area contributed by atoms with E-state index < -0.39 is 0 Å². The molecule has 4 aromatic heterocycles. The molecule has 170 valence electrons. The van der Waals surface area contributed by atoms with E-state index in [9.17, 15) is 0 Å². The molecule has 4 heterocycles. The third-order valence-corrected chi connectivity index (χ3v) is 6.86. The predicted molar refractivity (Wildman–Crippen MR) is 144 cm³/mol. The van der Waals surface area contributed by atoms with Crippen molar-refractivity contribution >= 4 is 38.2 Å². The Hall–Kier alpha value is -3.46. The zero-order valence-corrected chi connectivity index (χ0v) is 20.9. The number of hydrogen-bond acceptors (Lipinski definition) is 2. The molecular formula is C31H31N3. The molecule has 0 atom stereocenters. The van der Waals surface area contributed by atoms with Gasteiger partial charge >= 0.3 is 0 Å². The Kier molecular flexibility index (Phi) is 4.36. The second-order valence-electron chi connectivity index (χ2n) is 11.9. The lowest BCUT2D eigenvalue weighted by atomic mass is 9.85. The lowest BCUT2D eigenvalue weighted by Crippen LogP contribution is -2.10. The highest BCUT2D eigenvalue weighted by Crippen LogP contribution is 2.41. The van der Waals surface area contributed by atoms with Crippen LogP contribution in [0.3, 0.4) is 0 Å². The first-order valence-corrected chi connectivity index (χ1v) is 12.1. The van der Waals surface area contributed by atoms with Gasteiger partial charge in [-0.25, -0.2) is 4.98 Å². The molecule has 6 aromatic rings. The summed E-state index contributed by atoms with van der Waals surface area (Å²) >= 11 is 0. The smallest absolute Gasteiger partial charge is 0.145 e. The van der Waals surface area contributed by atoms with Gasteiger partial charge < -0.3 is 0 Å². The molecule has 0 aliphatic carbocycles. The minimum absolute atomic E-state index is 0.0600. The molecular weight excluding hydrogens is 414 g/mol. The van der Waals surface area contributed by atoms with Crippen molar-refractivity contribution < 1.29 is 0 Å². The second-order valence-corrected chi connectivity index (χ2v) is 11.9. The van der Waals surface area contributed by atoms with Crippen LogP contribution in [0.1, 0.15) is 52.7 Å². The lowest BCUT2D eigenvalue weighted by Gasteiger charge is -2.19. The molecule has 0 aliphatic rings. The van der Waals surface area contributed by atoms with Gasteiger partial charge in [0, 0.05) is 39.5 Å². The highest BCUT2D eigenvalue weighted by molar-refractivity contribution is 6.23. The number of hydrogen-bond donors (Lipinski definition) is 0. The maximum atomic E-state index is 5.02. The van der Waals surface area contributed by atoms with Crippen LogP contribution in [0.15, 0.2) is 67.0 Å². The first-order chi connectivity index (χ1) is 16.1. The molecule has 0 unspecified atom stereocenters. The molecule has 0 aliphatic heterocycles. The Morgan fingerprint density at radius 3 is 2.24 bits per heavy atom. The fourth-order valence-electron chi connectivity index (χ4n) is 5.28. The summed E-state index contributed by atoms with van der Waals surface area (Å²) in [7, 11) is 0. The maximum absolute atomic E-state index is 5.02. The van der Waals surface area contributed by atoms with E-state index in [0.29, 0.717) is 0 Å². The lowest BCUT2D eigenvalue weighted by molar-refractivity contribution is 0.411. The van der Waals surface area contributed by atoms with E-state index in [1.54, 1.807) is 0 Å². The van der Waals surface area contributed by atoms with E-state index in [4.69, 9.17) is 9.97 Å². The third kappa shape index (κ3) is 3.26. The SMILES string of the molecule is CC(C)(C)Cc1ccnc(-c2cnc3c(c2)c2cc(C(C)(C)C)cc4c5ccccc5n3c42)c1. The van der Waals surface area contributed by atoms with Crippen LogP contribution in [0.5, 0.6) is 0 Å². The summed E-state index contributed by atoms with van der Waals surface area (Å²) in [6.45, 7) is 13.7. The van der Waals surface area contributed by atoms with Crippen molar-refractivity contribution in [2.45, 2.75) is 53.4 Å². The van der Waals surface area contributed by atoms with Gasteiger partial charge in [-0.3, -0.25) is 9.38 Å². The Bertz CT molecular complexity index is 1690. The molecule has 2 aromatic carbocycles. The van der Waals surface area contributed by atoms with E-state index in [2.05, 4.69) is 101 Å². The normalized spacial score (nSPS) is 13.1. The molecule has 6 rings (SSSR count). The van der Waals surface area contributed by atoms with Crippen LogP contribution in [0.25, 0.3) is 49.5 Å². The highest BCUT2D eigenvalue weighted by atomic mass is 15.0. The van der Waals surface area contributed by atoms with E-state index >= 15 is 0 Å². The van der Waals surface area contributed by atoms with Gasteiger partial charge in [-0.05, 0) is 64.8 Å². The summed E-state index contributed by atoms with van der Waals surface area (Å²) in [5.41, 5.74) is 8.51. The number of para-hydroxylation sites is 1. The molecule has 3 nitrogen and oxygen atoms in total. The minimum Gasteiger partial charge on any atom is -0.293 e. The van der Waals surface area contributed by atoms with Crippen LogP contribution in [-0.4, -0.2) is 14.4 Å². The number of benzene rings is 2. The summed E-state index contributed by atoms with van der Waals surface area (Å²) < 4.78 is 2.34. The third-order valence-electron chi connectivity index (χ3n) is 6.86. The first-order valence-electron chi connectivity index (χ1n) is 12.1. The molecule has 0 fully saturated rings. The minimum atomic E-state index is 0.0600. The van der Waals surface area contributed by atoms with Gasteiger partial charge in [-0.1, -0.05) is 59.7 Å². The summed E-state index contributed by atoms with van der Waals surface area (Å²) in [6, 6.07) is 20.1. The van der Waals surface area contributed by atoms with Crippen LogP contribution in [0.4, 0.5) is 0 Å². The molecule has 0 N–H and O–H groups in total. The molecule has 3 heteroatoms. The fourth-order valence-corrected chi connectivity index (χ4v) is 5.28. The number of rotatable bonds is 2. The molecule has 0 bridgehead atoms. The summed E-state index contributed by atoms with van der Waals surface area (Å²) in [5, 5.41) is 5.06. The van der Waals surface area contributed by atoms with Crippen molar-refractivity contribution in [2.24, 2.45) is 5.41 Å². The number of pyridine rings is 2. The average Bonchev–Trinajstić information content (AvgIpc) is 3.28. The van der Waals surface area contributed by atoms with Gasteiger partial charge in [0.2, 0.25) is 0 Å². The van der Waals surface area contributed by atoms with Gasteiger partial charge in [0.05, 0.1) is 16.7 Å². The van der Waals surface area contributed by atoms with Crippen molar-refractivity contribution in [3.05, 3.63) is 78.1 Å². The molecule has 0 saturated heterocycles.